The highest BCUT2D eigenvalue weighted by molar-refractivity contribution is 5.95. The van der Waals surface area contributed by atoms with E-state index < -0.39 is 5.97 Å². The van der Waals surface area contributed by atoms with Crippen LogP contribution in [0.2, 0.25) is 0 Å². The maximum atomic E-state index is 11.5. The van der Waals surface area contributed by atoms with Crippen LogP contribution in [0.4, 0.5) is 0 Å². The summed E-state index contributed by atoms with van der Waals surface area (Å²) in [5.41, 5.74) is 3.37. The molecule has 3 rings (SSSR count). The van der Waals surface area contributed by atoms with Crippen LogP contribution in [0.5, 0.6) is 0 Å². The Morgan fingerprint density at radius 3 is 2.52 bits per heavy atom. The highest BCUT2D eigenvalue weighted by Crippen LogP contribution is 2.27. The molecule has 2 aromatic heterocycles. The molecule has 5 nitrogen and oxygen atoms in total. The molecule has 0 atom stereocenters. The topological polar surface area (TPSA) is 68.0 Å². The number of carboxylic acids is 1. The fourth-order valence-corrected chi connectivity index (χ4v) is 2.28. The number of aromatic carboxylic acids is 1. The molecule has 0 aliphatic heterocycles. The molecule has 1 N–H and O–H groups in total. The van der Waals surface area contributed by atoms with Crippen LogP contribution in [0, 0.1) is 6.92 Å². The summed E-state index contributed by atoms with van der Waals surface area (Å²) in [5, 5.41) is 13.6. The molecule has 5 heteroatoms. The number of carboxylic acid groups (broad SMARTS) is 1. The number of aryl methyl sites for hydroxylation is 1. The first-order valence-electron chi connectivity index (χ1n) is 6.46. The first kappa shape index (κ1) is 13.1. The van der Waals surface area contributed by atoms with Crippen molar-refractivity contribution in [2.75, 3.05) is 0 Å². The monoisotopic (exact) mass is 279 g/mol. The third-order valence-electron chi connectivity index (χ3n) is 3.30. The number of carbonyl (C=O) groups is 1. The first-order valence-corrected chi connectivity index (χ1v) is 6.46. The lowest BCUT2D eigenvalue weighted by Crippen LogP contribution is -2.04. The van der Waals surface area contributed by atoms with Crippen LogP contribution >= 0.6 is 0 Å². The van der Waals surface area contributed by atoms with Crippen LogP contribution in [-0.2, 0) is 0 Å². The zero-order chi connectivity index (χ0) is 14.8. The van der Waals surface area contributed by atoms with E-state index in [2.05, 4.69) is 10.1 Å². The van der Waals surface area contributed by atoms with Crippen molar-refractivity contribution in [3.63, 3.8) is 0 Å². The number of benzene rings is 1. The first-order chi connectivity index (χ1) is 10.2. The summed E-state index contributed by atoms with van der Waals surface area (Å²) in [6.45, 7) is 1.97. The van der Waals surface area contributed by atoms with Crippen molar-refractivity contribution < 1.29 is 9.90 Å². The summed E-state index contributed by atoms with van der Waals surface area (Å²) in [4.78, 5) is 15.4. The van der Waals surface area contributed by atoms with E-state index in [0.29, 0.717) is 5.69 Å². The molecule has 1 aromatic carbocycles. The van der Waals surface area contributed by atoms with Crippen molar-refractivity contribution in [2.24, 2.45) is 0 Å². The molecule has 104 valence electrons. The molecule has 3 aromatic rings. The Kier molecular flexibility index (Phi) is 3.23. The molecule has 0 spiro atoms. The quantitative estimate of drug-likeness (QED) is 0.800. The third-order valence-corrected chi connectivity index (χ3v) is 3.30. The highest BCUT2D eigenvalue weighted by Gasteiger charge is 2.19. The van der Waals surface area contributed by atoms with Gasteiger partial charge in [-0.05, 0) is 30.7 Å². The van der Waals surface area contributed by atoms with Gasteiger partial charge in [-0.15, -0.1) is 0 Å². The van der Waals surface area contributed by atoms with E-state index in [1.807, 2.05) is 31.2 Å². The average molecular weight is 279 g/mol. The Hall–Kier alpha value is -2.95. The number of hydrogen-bond acceptors (Lipinski definition) is 3. The van der Waals surface area contributed by atoms with E-state index in [-0.39, 0.29) is 5.56 Å². The minimum atomic E-state index is -0.998. The summed E-state index contributed by atoms with van der Waals surface area (Å²) in [6, 6.07) is 11.3. The van der Waals surface area contributed by atoms with Crippen LogP contribution in [0.3, 0.4) is 0 Å². The lowest BCUT2D eigenvalue weighted by Gasteiger charge is -2.11. The van der Waals surface area contributed by atoms with Gasteiger partial charge in [-0.3, -0.25) is 4.98 Å². The zero-order valence-corrected chi connectivity index (χ0v) is 11.4. The minimum absolute atomic E-state index is 0.171. The zero-order valence-electron chi connectivity index (χ0n) is 11.4. The Morgan fingerprint density at radius 1 is 1.14 bits per heavy atom. The third kappa shape index (κ3) is 2.29. The standard InChI is InChI=1S/C16H13N3O2/c1-11-4-2-3-5-14(11)19-15(12-6-8-17-9-7-12)13(10-18-19)16(20)21/h2-10H,1H3,(H,20,21). The molecule has 0 saturated carbocycles. The predicted octanol–water partition coefficient (Wildman–Crippen LogP) is 2.94. The van der Waals surface area contributed by atoms with E-state index >= 15 is 0 Å². The summed E-state index contributed by atoms with van der Waals surface area (Å²) < 4.78 is 1.66. The SMILES string of the molecule is Cc1ccccc1-n1ncc(C(=O)O)c1-c1ccncc1. The summed E-state index contributed by atoms with van der Waals surface area (Å²) >= 11 is 0. The Morgan fingerprint density at radius 2 is 1.86 bits per heavy atom. The average Bonchev–Trinajstić information content (AvgIpc) is 2.93. The van der Waals surface area contributed by atoms with E-state index in [0.717, 1.165) is 16.8 Å². The molecule has 0 radical (unpaired) electrons. The molecule has 0 aliphatic carbocycles. The number of para-hydroxylation sites is 1. The van der Waals surface area contributed by atoms with Gasteiger partial charge in [0.25, 0.3) is 0 Å². The van der Waals surface area contributed by atoms with Gasteiger partial charge in [0.1, 0.15) is 5.56 Å². The molecular formula is C16H13N3O2. The fourth-order valence-electron chi connectivity index (χ4n) is 2.28. The van der Waals surface area contributed by atoms with Crippen molar-refractivity contribution in [1.82, 2.24) is 14.8 Å². The van der Waals surface area contributed by atoms with Crippen LogP contribution in [0.25, 0.3) is 16.9 Å². The van der Waals surface area contributed by atoms with Crippen LogP contribution in [0.15, 0.2) is 55.0 Å². The number of nitrogens with zero attached hydrogens (tertiary/aromatic N) is 3. The molecular weight excluding hydrogens is 266 g/mol. The predicted molar refractivity (Wildman–Crippen MR) is 78.5 cm³/mol. The van der Waals surface area contributed by atoms with Gasteiger partial charge in [0.2, 0.25) is 0 Å². The maximum Gasteiger partial charge on any atom is 0.339 e. The molecule has 0 fully saturated rings. The second-order valence-corrected chi connectivity index (χ2v) is 4.65. The van der Waals surface area contributed by atoms with Crippen LogP contribution in [0.1, 0.15) is 15.9 Å². The van der Waals surface area contributed by atoms with Gasteiger partial charge in [-0.1, -0.05) is 18.2 Å². The molecule has 0 bridgehead atoms. The van der Waals surface area contributed by atoms with Crippen LogP contribution < -0.4 is 0 Å². The largest absolute Gasteiger partial charge is 0.478 e. The fraction of sp³-hybridized carbons (Fsp3) is 0.0625. The second-order valence-electron chi connectivity index (χ2n) is 4.65. The Balaban J connectivity index is 2.28. The van der Waals surface area contributed by atoms with Gasteiger partial charge in [-0.2, -0.15) is 5.10 Å². The van der Waals surface area contributed by atoms with Crippen molar-refractivity contribution in [1.29, 1.82) is 0 Å². The molecule has 0 saturated heterocycles. The number of rotatable bonds is 3. The van der Waals surface area contributed by atoms with Gasteiger partial charge in [0.05, 0.1) is 17.6 Å². The molecule has 0 aliphatic rings. The lowest BCUT2D eigenvalue weighted by molar-refractivity contribution is 0.0697. The van der Waals surface area contributed by atoms with E-state index in [1.54, 1.807) is 29.2 Å². The highest BCUT2D eigenvalue weighted by atomic mass is 16.4. The minimum Gasteiger partial charge on any atom is -0.478 e. The number of aromatic nitrogens is 3. The summed E-state index contributed by atoms with van der Waals surface area (Å²) in [5.74, 6) is -0.998. The number of hydrogen-bond donors (Lipinski definition) is 1. The van der Waals surface area contributed by atoms with Gasteiger partial charge < -0.3 is 5.11 Å². The van der Waals surface area contributed by atoms with E-state index in [9.17, 15) is 9.90 Å². The molecule has 2 heterocycles. The second kappa shape index (κ2) is 5.20. The normalized spacial score (nSPS) is 10.5. The van der Waals surface area contributed by atoms with Crippen molar-refractivity contribution >= 4 is 5.97 Å². The van der Waals surface area contributed by atoms with Crippen molar-refractivity contribution in [3.05, 3.63) is 66.1 Å². The molecule has 0 amide bonds. The van der Waals surface area contributed by atoms with E-state index in [1.165, 1.54) is 6.20 Å². The van der Waals surface area contributed by atoms with Crippen LogP contribution in [-0.4, -0.2) is 25.8 Å². The summed E-state index contributed by atoms with van der Waals surface area (Å²) in [6.07, 6.45) is 4.65. The van der Waals surface area contributed by atoms with Crippen molar-refractivity contribution in [2.45, 2.75) is 6.92 Å². The number of pyridine rings is 1. The maximum absolute atomic E-state index is 11.5. The smallest absolute Gasteiger partial charge is 0.339 e. The summed E-state index contributed by atoms with van der Waals surface area (Å²) in [7, 11) is 0. The van der Waals surface area contributed by atoms with Gasteiger partial charge >= 0.3 is 5.97 Å². The Bertz CT molecular complexity index is 794. The van der Waals surface area contributed by atoms with Gasteiger partial charge in [0.15, 0.2) is 0 Å². The molecule has 21 heavy (non-hydrogen) atoms. The van der Waals surface area contributed by atoms with Gasteiger partial charge in [-0.25, -0.2) is 9.48 Å². The lowest BCUT2D eigenvalue weighted by atomic mass is 10.1. The molecule has 0 unspecified atom stereocenters. The van der Waals surface area contributed by atoms with Gasteiger partial charge in [0, 0.05) is 18.0 Å². The van der Waals surface area contributed by atoms with E-state index in [4.69, 9.17) is 0 Å². The Labute approximate surface area is 121 Å². The van der Waals surface area contributed by atoms with Crippen molar-refractivity contribution in [3.8, 4) is 16.9 Å².